The standard InChI is InChI=1S/CH4O2S.CH3.Na/c1-4(2)3;;/h1H3,(H,2,3);1H3;/q;-1;+1. The second-order valence-corrected chi connectivity index (χ2v) is 1.27. The first-order valence-electron chi connectivity index (χ1n) is 0.757. The number of rotatable bonds is 0. The zero-order valence-corrected chi connectivity index (χ0v) is 7.08. The second-order valence-electron chi connectivity index (χ2n) is 0.424. The average Bonchev–Trinajstić information content (AvgIpc) is 0.811. The summed E-state index contributed by atoms with van der Waals surface area (Å²) in [5.41, 5.74) is 0. The van der Waals surface area contributed by atoms with Crippen LogP contribution in [-0.4, -0.2) is 15.0 Å². The molecule has 0 aliphatic rings. The molecule has 0 rings (SSSR count). The van der Waals surface area contributed by atoms with Gasteiger partial charge in [-0.3, -0.25) is 0 Å². The Bertz CT molecular complexity index is 34.5. The van der Waals surface area contributed by atoms with Gasteiger partial charge in [-0.05, 0) is 0 Å². The van der Waals surface area contributed by atoms with E-state index in [4.69, 9.17) is 8.76 Å². The molecule has 1 atom stereocenters. The van der Waals surface area contributed by atoms with Crippen molar-refractivity contribution in [3.05, 3.63) is 7.43 Å². The fraction of sp³-hybridized carbons (Fsp3) is 0.500. The molecule has 0 aromatic rings. The quantitative estimate of drug-likeness (QED) is 0.213. The molecule has 0 amide bonds. The van der Waals surface area contributed by atoms with E-state index < -0.39 is 11.1 Å². The van der Waals surface area contributed by atoms with Crippen molar-refractivity contribution in [3.8, 4) is 0 Å². The maximum absolute atomic E-state index is 9.11. The third-order valence-electron chi connectivity index (χ3n) is 0. The van der Waals surface area contributed by atoms with E-state index in [0.717, 1.165) is 0 Å². The average molecular weight is 118 g/mol. The maximum atomic E-state index is 9.11. The van der Waals surface area contributed by atoms with Crippen LogP contribution < -0.4 is 29.6 Å². The van der Waals surface area contributed by atoms with E-state index in [9.17, 15) is 0 Å². The minimum absolute atomic E-state index is 0. The van der Waals surface area contributed by atoms with E-state index in [-0.39, 0.29) is 37.0 Å². The SMILES string of the molecule is CS(=O)O.[CH3-].[Na+]. The summed E-state index contributed by atoms with van der Waals surface area (Å²) >= 11 is -1.61. The van der Waals surface area contributed by atoms with Gasteiger partial charge in [0.15, 0.2) is 0 Å². The molecule has 1 unspecified atom stereocenters. The molecule has 4 heteroatoms. The number of hydrogen-bond donors (Lipinski definition) is 1. The molecule has 34 valence electrons. The van der Waals surface area contributed by atoms with Crippen molar-refractivity contribution in [2.75, 3.05) is 6.26 Å². The fourth-order valence-electron chi connectivity index (χ4n) is 0. The van der Waals surface area contributed by atoms with E-state index in [1.54, 1.807) is 0 Å². The second kappa shape index (κ2) is 9.44. The van der Waals surface area contributed by atoms with Crippen LogP contribution in [0.2, 0.25) is 0 Å². The number of hydrogen-bond acceptors (Lipinski definition) is 1. The molecule has 1 N–H and O–H groups in total. The largest absolute Gasteiger partial charge is 1.00 e. The fourth-order valence-corrected chi connectivity index (χ4v) is 0. The van der Waals surface area contributed by atoms with Crippen molar-refractivity contribution in [1.82, 2.24) is 0 Å². The third kappa shape index (κ3) is 70.1. The van der Waals surface area contributed by atoms with E-state index in [1.165, 1.54) is 6.26 Å². The molecule has 0 heterocycles. The van der Waals surface area contributed by atoms with Gasteiger partial charge in [-0.2, -0.15) is 0 Å². The molecular formula is C2H7NaO2S. The normalized spacial score (nSPS) is 10.3. The van der Waals surface area contributed by atoms with Gasteiger partial charge in [0.1, 0.15) is 11.1 Å². The van der Waals surface area contributed by atoms with Crippen LogP contribution in [0.15, 0.2) is 0 Å². The van der Waals surface area contributed by atoms with Gasteiger partial charge in [0.2, 0.25) is 0 Å². The van der Waals surface area contributed by atoms with Crippen LogP contribution in [0.3, 0.4) is 0 Å². The van der Waals surface area contributed by atoms with Gasteiger partial charge in [0, 0.05) is 6.26 Å². The molecule has 6 heavy (non-hydrogen) atoms. The Morgan fingerprint density at radius 1 is 1.67 bits per heavy atom. The molecule has 0 aromatic heterocycles. The molecule has 0 aliphatic heterocycles. The Morgan fingerprint density at radius 2 is 1.67 bits per heavy atom. The van der Waals surface area contributed by atoms with Crippen molar-refractivity contribution in [3.63, 3.8) is 0 Å². The Balaban J connectivity index is -0.0000000450. The van der Waals surface area contributed by atoms with E-state index in [1.807, 2.05) is 0 Å². The van der Waals surface area contributed by atoms with Gasteiger partial charge >= 0.3 is 29.6 Å². The monoisotopic (exact) mass is 118 g/mol. The van der Waals surface area contributed by atoms with Crippen molar-refractivity contribution < 1.29 is 38.3 Å². The summed E-state index contributed by atoms with van der Waals surface area (Å²) in [7, 11) is 0. The Morgan fingerprint density at radius 3 is 1.67 bits per heavy atom. The summed E-state index contributed by atoms with van der Waals surface area (Å²) < 4.78 is 16.6. The van der Waals surface area contributed by atoms with Crippen LogP contribution >= 0.6 is 0 Å². The summed E-state index contributed by atoms with van der Waals surface area (Å²) in [4.78, 5) is 0. The molecule has 2 nitrogen and oxygen atoms in total. The molecule has 0 aliphatic carbocycles. The topological polar surface area (TPSA) is 37.3 Å². The summed E-state index contributed by atoms with van der Waals surface area (Å²) in [5, 5.41) is 0. The predicted molar refractivity (Wildman–Crippen MR) is 23.1 cm³/mol. The zero-order chi connectivity index (χ0) is 3.58. The molecule has 0 radical (unpaired) electrons. The van der Waals surface area contributed by atoms with Crippen LogP contribution in [0.5, 0.6) is 0 Å². The molecule has 0 bridgehead atoms. The van der Waals surface area contributed by atoms with Crippen molar-refractivity contribution in [1.29, 1.82) is 0 Å². The van der Waals surface area contributed by atoms with Crippen molar-refractivity contribution >= 4 is 11.1 Å². The van der Waals surface area contributed by atoms with Gasteiger partial charge in [-0.1, -0.05) is 0 Å². The zero-order valence-electron chi connectivity index (χ0n) is 4.26. The molecule has 0 spiro atoms. The minimum atomic E-state index is -1.61. The molecular weight excluding hydrogens is 111 g/mol. The van der Waals surface area contributed by atoms with E-state index in [2.05, 4.69) is 0 Å². The van der Waals surface area contributed by atoms with Gasteiger partial charge in [0.25, 0.3) is 0 Å². The molecule has 0 saturated heterocycles. The first-order chi connectivity index (χ1) is 1.73. The third-order valence-corrected chi connectivity index (χ3v) is 0. The smallest absolute Gasteiger partial charge is 0.358 e. The van der Waals surface area contributed by atoms with Crippen molar-refractivity contribution in [2.24, 2.45) is 0 Å². The Labute approximate surface area is 62.9 Å². The Kier molecular flexibility index (Phi) is 24.7. The van der Waals surface area contributed by atoms with E-state index in [0.29, 0.717) is 0 Å². The molecule has 0 saturated carbocycles. The Hall–Kier alpha value is 1.11. The summed E-state index contributed by atoms with van der Waals surface area (Å²) in [5.74, 6) is 0. The first-order valence-corrected chi connectivity index (χ1v) is 2.27. The van der Waals surface area contributed by atoms with Crippen LogP contribution in [0.25, 0.3) is 0 Å². The minimum Gasteiger partial charge on any atom is -0.358 e. The molecule has 0 aromatic carbocycles. The summed E-state index contributed by atoms with van der Waals surface area (Å²) in [6.07, 6.45) is 1.19. The van der Waals surface area contributed by atoms with Gasteiger partial charge in [0.05, 0.1) is 0 Å². The van der Waals surface area contributed by atoms with Gasteiger partial charge in [-0.25, -0.2) is 4.21 Å². The molecule has 0 fully saturated rings. The van der Waals surface area contributed by atoms with Gasteiger partial charge in [-0.15, -0.1) is 0 Å². The maximum Gasteiger partial charge on any atom is 1.00 e. The first kappa shape index (κ1) is 15.7. The van der Waals surface area contributed by atoms with Crippen LogP contribution in [0.4, 0.5) is 0 Å². The predicted octanol–water partition coefficient (Wildman–Crippen LogP) is -2.71. The van der Waals surface area contributed by atoms with Crippen LogP contribution in [0.1, 0.15) is 0 Å². The van der Waals surface area contributed by atoms with Crippen LogP contribution in [0, 0.1) is 7.43 Å². The summed E-state index contributed by atoms with van der Waals surface area (Å²) in [6, 6.07) is 0. The van der Waals surface area contributed by atoms with Gasteiger partial charge < -0.3 is 12.0 Å². The van der Waals surface area contributed by atoms with E-state index >= 15 is 0 Å². The van der Waals surface area contributed by atoms with Crippen LogP contribution in [-0.2, 0) is 11.1 Å². The van der Waals surface area contributed by atoms with Crippen molar-refractivity contribution in [2.45, 2.75) is 0 Å². The summed E-state index contributed by atoms with van der Waals surface area (Å²) in [6.45, 7) is 0.